The highest BCUT2D eigenvalue weighted by atomic mass is 32.1. The smallest absolute Gasteiger partial charge is 0.307 e. The molecule has 148 valence electrons. The molecule has 0 saturated carbocycles. The standard InChI is InChI=1S/C21H23NO5S/c1-26-18-4-2-3-15(12-18)16(9-10-23)13-27-17-7-5-14(6-8-17)11-19-20(24)22-21(25)28-19/h2-8,12,16,23-24H,9-11,13H2,1H3,(H,22,25). The van der Waals surface area contributed by atoms with Crippen molar-refractivity contribution in [3.8, 4) is 17.4 Å². The highest BCUT2D eigenvalue weighted by molar-refractivity contribution is 7.09. The Morgan fingerprint density at radius 1 is 1.14 bits per heavy atom. The second-order valence-corrected chi connectivity index (χ2v) is 7.47. The molecule has 3 aromatic rings. The number of rotatable bonds is 9. The minimum atomic E-state index is -0.264. The lowest BCUT2D eigenvalue weighted by Gasteiger charge is -2.18. The molecule has 7 heteroatoms. The lowest BCUT2D eigenvalue weighted by molar-refractivity contribution is 0.232. The fraction of sp³-hybridized carbons (Fsp3) is 0.286. The number of aromatic amines is 1. The minimum Gasteiger partial charge on any atom is -0.497 e. The average molecular weight is 401 g/mol. The van der Waals surface area contributed by atoms with Crippen LogP contribution in [-0.2, 0) is 6.42 Å². The summed E-state index contributed by atoms with van der Waals surface area (Å²) in [7, 11) is 1.63. The molecule has 0 radical (unpaired) electrons. The lowest BCUT2D eigenvalue weighted by atomic mass is 9.96. The van der Waals surface area contributed by atoms with E-state index in [2.05, 4.69) is 4.98 Å². The van der Waals surface area contributed by atoms with Gasteiger partial charge in [-0.1, -0.05) is 35.6 Å². The quantitative estimate of drug-likeness (QED) is 0.512. The molecule has 0 spiro atoms. The number of H-pyrrole nitrogens is 1. The third-order valence-electron chi connectivity index (χ3n) is 4.48. The number of thiazole rings is 1. The summed E-state index contributed by atoms with van der Waals surface area (Å²) in [5.41, 5.74) is 2.03. The van der Waals surface area contributed by atoms with Crippen LogP contribution in [0.4, 0.5) is 0 Å². The van der Waals surface area contributed by atoms with E-state index < -0.39 is 0 Å². The van der Waals surface area contributed by atoms with Crippen molar-refractivity contribution in [1.29, 1.82) is 0 Å². The van der Waals surface area contributed by atoms with E-state index in [1.54, 1.807) is 7.11 Å². The zero-order chi connectivity index (χ0) is 19.9. The third kappa shape index (κ3) is 5.15. The Morgan fingerprint density at radius 2 is 1.93 bits per heavy atom. The number of hydrogen-bond acceptors (Lipinski definition) is 6. The molecule has 1 unspecified atom stereocenters. The first kappa shape index (κ1) is 20.0. The van der Waals surface area contributed by atoms with Crippen molar-refractivity contribution in [1.82, 2.24) is 4.98 Å². The number of hydrogen-bond donors (Lipinski definition) is 3. The Hall–Kier alpha value is -2.77. The first-order valence-electron chi connectivity index (χ1n) is 8.96. The molecule has 0 bridgehead atoms. The van der Waals surface area contributed by atoms with E-state index in [0.29, 0.717) is 24.3 Å². The van der Waals surface area contributed by atoms with Gasteiger partial charge in [-0.05, 0) is 41.8 Å². The summed E-state index contributed by atoms with van der Waals surface area (Å²) in [5, 5.41) is 19.1. The van der Waals surface area contributed by atoms with E-state index >= 15 is 0 Å². The number of benzene rings is 2. The van der Waals surface area contributed by atoms with Crippen LogP contribution in [0.25, 0.3) is 0 Å². The van der Waals surface area contributed by atoms with E-state index in [1.165, 1.54) is 0 Å². The highest BCUT2D eigenvalue weighted by Gasteiger charge is 2.13. The fourth-order valence-electron chi connectivity index (χ4n) is 2.96. The van der Waals surface area contributed by atoms with Gasteiger partial charge in [-0.2, -0.15) is 0 Å². The maximum atomic E-state index is 11.3. The molecule has 3 rings (SSSR count). The molecule has 0 fully saturated rings. The maximum absolute atomic E-state index is 11.3. The Kier molecular flexibility index (Phi) is 6.73. The summed E-state index contributed by atoms with van der Waals surface area (Å²) in [6.45, 7) is 0.514. The van der Waals surface area contributed by atoms with Crippen LogP contribution < -0.4 is 14.3 Å². The average Bonchev–Trinajstić information content (AvgIpc) is 3.03. The fourth-order valence-corrected chi connectivity index (χ4v) is 3.71. The molecule has 0 aliphatic rings. The van der Waals surface area contributed by atoms with E-state index in [1.807, 2.05) is 48.5 Å². The Morgan fingerprint density at radius 3 is 2.57 bits per heavy atom. The first-order valence-corrected chi connectivity index (χ1v) is 9.78. The van der Waals surface area contributed by atoms with Gasteiger partial charge in [0, 0.05) is 18.9 Å². The van der Waals surface area contributed by atoms with Crippen LogP contribution in [0.1, 0.15) is 28.3 Å². The predicted octanol–water partition coefficient (Wildman–Crippen LogP) is 3.29. The molecule has 2 aromatic carbocycles. The van der Waals surface area contributed by atoms with Crippen molar-refractivity contribution in [2.45, 2.75) is 18.8 Å². The SMILES string of the molecule is COc1cccc(C(CCO)COc2ccc(Cc3sc(=O)[nH]c3O)cc2)c1. The van der Waals surface area contributed by atoms with Crippen LogP contribution in [0.3, 0.4) is 0 Å². The summed E-state index contributed by atoms with van der Waals surface area (Å²) in [4.78, 5) is 14.0. The van der Waals surface area contributed by atoms with E-state index in [0.717, 1.165) is 34.0 Å². The van der Waals surface area contributed by atoms with E-state index in [4.69, 9.17) is 9.47 Å². The van der Waals surface area contributed by atoms with Crippen molar-refractivity contribution < 1.29 is 19.7 Å². The van der Waals surface area contributed by atoms with Crippen LogP contribution in [0.5, 0.6) is 17.4 Å². The molecule has 0 amide bonds. The van der Waals surface area contributed by atoms with Gasteiger partial charge in [0.25, 0.3) is 0 Å². The second-order valence-electron chi connectivity index (χ2n) is 6.40. The van der Waals surface area contributed by atoms with Gasteiger partial charge in [-0.25, -0.2) is 0 Å². The number of aliphatic hydroxyl groups excluding tert-OH is 1. The van der Waals surface area contributed by atoms with Gasteiger partial charge in [0.2, 0.25) is 5.88 Å². The largest absolute Gasteiger partial charge is 0.497 e. The molecule has 28 heavy (non-hydrogen) atoms. The number of methoxy groups -OCH3 is 1. The van der Waals surface area contributed by atoms with Gasteiger partial charge in [0.05, 0.1) is 18.6 Å². The van der Waals surface area contributed by atoms with E-state index in [9.17, 15) is 15.0 Å². The highest BCUT2D eigenvalue weighted by Crippen LogP contribution is 2.26. The molecule has 1 atom stereocenters. The molecule has 6 nitrogen and oxygen atoms in total. The van der Waals surface area contributed by atoms with Crippen LogP contribution >= 0.6 is 11.3 Å². The summed E-state index contributed by atoms with van der Waals surface area (Å²) >= 11 is 1.01. The molecule has 1 heterocycles. The molecule has 3 N–H and O–H groups in total. The topological polar surface area (TPSA) is 91.8 Å². The van der Waals surface area contributed by atoms with Gasteiger partial charge in [0.1, 0.15) is 11.5 Å². The summed E-state index contributed by atoms with van der Waals surface area (Å²) < 4.78 is 11.2. The number of aromatic nitrogens is 1. The van der Waals surface area contributed by atoms with Crippen molar-refractivity contribution in [3.63, 3.8) is 0 Å². The van der Waals surface area contributed by atoms with Gasteiger partial charge in [-0.15, -0.1) is 0 Å². The molecule has 1 aromatic heterocycles. The van der Waals surface area contributed by atoms with Gasteiger partial charge < -0.3 is 19.7 Å². The third-order valence-corrected chi connectivity index (χ3v) is 5.35. The van der Waals surface area contributed by atoms with Gasteiger partial charge in [0.15, 0.2) is 0 Å². The van der Waals surface area contributed by atoms with Crippen molar-refractivity contribution in [2.24, 2.45) is 0 Å². The molecular formula is C21H23NO5S. The van der Waals surface area contributed by atoms with Gasteiger partial charge >= 0.3 is 4.87 Å². The van der Waals surface area contributed by atoms with Gasteiger partial charge in [-0.3, -0.25) is 9.78 Å². The van der Waals surface area contributed by atoms with Crippen molar-refractivity contribution >= 4 is 11.3 Å². The molecular weight excluding hydrogens is 378 g/mol. The summed E-state index contributed by atoms with van der Waals surface area (Å²) in [6.07, 6.45) is 1.07. The normalized spacial score (nSPS) is 11.9. The van der Waals surface area contributed by atoms with Crippen LogP contribution in [0, 0.1) is 0 Å². The second kappa shape index (κ2) is 9.43. The van der Waals surface area contributed by atoms with Crippen LogP contribution in [-0.4, -0.2) is 35.5 Å². The molecule has 0 aliphatic heterocycles. The predicted molar refractivity (Wildman–Crippen MR) is 109 cm³/mol. The number of aromatic hydroxyl groups is 1. The molecule has 0 saturated heterocycles. The summed E-state index contributed by atoms with van der Waals surface area (Å²) in [6, 6.07) is 15.3. The zero-order valence-corrected chi connectivity index (χ0v) is 16.4. The van der Waals surface area contributed by atoms with Crippen LogP contribution in [0.15, 0.2) is 53.3 Å². The number of ether oxygens (including phenoxy) is 2. The molecule has 0 aliphatic carbocycles. The van der Waals surface area contributed by atoms with Crippen molar-refractivity contribution in [2.75, 3.05) is 20.3 Å². The Labute approximate surface area is 167 Å². The first-order chi connectivity index (χ1) is 13.6. The van der Waals surface area contributed by atoms with Crippen LogP contribution in [0.2, 0.25) is 0 Å². The Bertz CT molecular complexity index is 948. The van der Waals surface area contributed by atoms with E-state index in [-0.39, 0.29) is 23.3 Å². The minimum absolute atomic E-state index is 0.0499. The monoisotopic (exact) mass is 401 g/mol. The summed E-state index contributed by atoms with van der Waals surface area (Å²) in [5.74, 6) is 1.48. The Balaban J connectivity index is 1.63. The lowest BCUT2D eigenvalue weighted by Crippen LogP contribution is -2.12. The maximum Gasteiger partial charge on any atom is 0.307 e. The number of nitrogens with one attached hydrogen (secondary N) is 1. The zero-order valence-electron chi connectivity index (χ0n) is 15.6. The number of aliphatic hydroxyl groups is 1. The van der Waals surface area contributed by atoms with Crippen molar-refractivity contribution in [3.05, 3.63) is 74.2 Å².